The molecule has 0 saturated carbocycles. The maximum atomic E-state index is 5.88. The molecule has 0 unspecified atom stereocenters. The van der Waals surface area contributed by atoms with Crippen molar-refractivity contribution in [2.24, 2.45) is 0 Å². The summed E-state index contributed by atoms with van der Waals surface area (Å²) in [5.41, 5.74) is 7.98. The van der Waals surface area contributed by atoms with Gasteiger partial charge in [0.05, 0.1) is 0 Å². The van der Waals surface area contributed by atoms with Gasteiger partial charge in [-0.25, -0.2) is 0 Å². The van der Waals surface area contributed by atoms with Crippen LogP contribution in [0.2, 0.25) is 0 Å². The van der Waals surface area contributed by atoms with Crippen molar-refractivity contribution in [1.82, 2.24) is 0 Å². The van der Waals surface area contributed by atoms with Crippen LogP contribution >= 0.6 is 11.8 Å². The van der Waals surface area contributed by atoms with Gasteiger partial charge in [0, 0.05) is 30.1 Å². The summed E-state index contributed by atoms with van der Waals surface area (Å²) in [7, 11) is 1.73. The van der Waals surface area contributed by atoms with Crippen molar-refractivity contribution in [3.63, 3.8) is 0 Å². The molecule has 1 aromatic rings. The zero-order valence-electron chi connectivity index (χ0n) is 8.75. The van der Waals surface area contributed by atoms with Crippen LogP contribution in [0.15, 0.2) is 23.1 Å². The van der Waals surface area contributed by atoms with Gasteiger partial charge in [-0.3, -0.25) is 0 Å². The van der Waals surface area contributed by atoms with E-state index >= 15 is 0 Å². The van der Waals surface area contributed by atoms with E-state index in [1.807, 2.05) is 6.07 Å². The Hall–Kier alpha value is -0.670. The van der Waals surface area contributed by atoms with E-state index in [0.717, 1.165) is 24.5 Å². The molecule has 0 aliphatic carbocycles. The second-order valence-corrected chi connectivity index (χ2v) is 4.37. The Morgan fingerprint density at radius 1 is 1.43 bits per heavy atom. The van der Waals surface area contributed by atoms with E-state index in [1.54, 1.807) is 18.9 Å². The van der Waals surface area contributed by atoms with Crippen molar-refractivity contribution in [3.05, 3.63) is 23.8 Å². The molecular formula is C11H17NOS. The van der Waals surface area contributed by atoms with Gasteiger partial charge in [0.1, 0.15) is 0 Å². The number of ether oxygens (including phenoxy) is 1. The summed E-state index contributed by atoms with van der Waals surface area (Å²) >= 11 is 1.79. The number of thioether (sulfide) groups is 1. The van der Waals surface area contributed by atoms with E-state index in [1.165, 1.54) is 10.5 Å². The SMILES string of the molecule is COCCCSc1ccc(C)cc1N. The van der Waals surface area contributed by atoms with Crippen LogP contribution in [0.1, 0.15) is 12.0 Å². The number of benzene rings is 1. The predicted molar refractivity (Wildman–Crippen MR) is 62.8 cm³/mol. The summed E-state index contributed by atoms with van der Waals surface area (Å²) < 4.78 is 4.98. The molecule has 78 valence electrons. The fourth-order valence-corrected chi connectivity index (χ4v) is 2.06. The largest absolute Gasteiger partial charge is 0.398 e. The Kier molecular flexibility index (Phi) is 4.84. The van der Waals surface area contributed by atoms with Crippen LogP contribution in [0.4, 0.5) is 5.69 Å². The van der Waals surface area contributed by atoms with E-state index in [-0.39, 0.29) is 0 Å². The molecule has 0 aromatic heterocycles. The molecule has 0 atom stereocenters. The van der Waals surface area contributed by atoms with Crippen molar-refractivity contribution < 1.29 is 4.74 Å². The first-order chi connectivity index (χ1) is 6.74. The van der Waals surface area contributed by atoms with Crippen LogP contribution in [0.25, 0.3) is 0 Å². The number of hydrogen-bond donors (Lipinski definition) is 1. The lowest BCUT2D eigenvalue weighted by molar-refractivity contribution is 0.200. The summed E-state index contributed by atoms with van der Waals surface area (Å²) in [6.07, 6.45) is 1.06. The van der Waals surface area contributed by atoms with Crippen LogP contribution in [-0.4, -0.2) is 19.5 Å². The first-order valence-corrected chi connectivity index (χ1v) is 5.70. The molecule has 1 rings (SSSR count). The van der Waals surface area contributed by atoms with E-state index in [4.69, 9.17) is 10.5 Å². The first-order valence-electron chi connectivity index (χ1n) is 4.72. The first kappa shape index (κ1) is 11.4. The second-order valence-electron chi connectivity index (χ2n) is 3.24. The molecule has 0 aliphatic heterocycles. The molecule has 14 heavy (non-hydrogen) atoms. The Bertz CT molecular complexity index is 289. The minimum Gasteiger partial charge on any atom is -0.398 e. The monoisotopic (exact) mass is 211 g/mol. The van der Waals surface area contributed by atoms with Gasteiger partial charge < -0.3 is 10.5 Å². The van der Waals surface area contributed by atoms with Gasteiger partial charge in [-0.15, -0.1) is 11.8 Å². The van der Waals surface area contributed by atoms with Crippen LogP contribution < -0.4 is 5.73 Å². The molecule has 0 heterocycles. The average Bonchev–Trinajstić information content (AvgIpc) is 2.15. The molecule has 0 fully saturated rings. The maximum absolute atomic E-state index is 5.88. The number of nitrogens with two attached hydrogens (primary N) is 1. The molecule has 0 aliphatic rings. The smallest absolute Gasteiger partial charge is 0.0470 e. The molecule has 1 aromatic carbocycles. The predicted octanol–water partition coefficient (Wildman–Crippen LogP) is 2.71. The number of hydrogen-bond acceptors (Lipinski definition) is 3. The zero-order valence-corrected chi connectivity index (χ0v) is 9.56. The van der Waals surface area contributed by atoms with Crippen molar-refractivity contribution in [3.8, 4) is 0 Å². The molecule has 2 N–H and O–H groups in total. The number of anilines is 1. The molecule has 0 saturated heterocycles. The highest BCUT2D eigenvalue weighted by molar-refractivity contribution is 7.99. The Balaban J connectivity index is 2.42. The van der Waals surface area contributed by atoms with Gasteiger partial charge in [-0.1, -0.05) is 6.07 Å². The van der Waals surface area contributed by atoms with E-state index < -0.39 is 0 Å². The summed E-state index contributed by atoms with van der Waals surface area (Å²) in [5, 5.41) is 0. The highest BCUT2D eigenvalue weighted by atomic mass is 32.2. The van der Waals surface area contributed by atoms with Gasteiger partial charge >= 0.3 is 0 Å². The van der Waals surface area contributed by atoms with Crippen molar-refractivity contribution in [1.29, 1.82) is 0 Å². The molecule has 0 spiro atoms. The average molecular weight is 211 g/mol. The van der Waals surface area contributed by atoms with E-state index in [9.17, 15) is 0 Å². The van der Waals surface area contributed by atoms with E-state index in [0.29, 0.717) is 0 Å². The fourth-order valence-electron chi connectivity index (χ4n) is 1.18. The van der Waals surface area contributed by atoms with Crippen LogP contribution in [-0.2, 0) is 4.74 Å². The maximum Gasteiger partial charge on any atom is 0.0470 e. The molecule has 3 heteroatoms. The summed E-state index contributed by atoms with van der Waals surface area (Å²) in [5.74, 6) is 1.06. The minimum absolute atomic E-state index is 0.818. The summed E-state index contributed by atoms with van der Waals surface area (Å²) in [6, 6.07) is 6.19. The number of aryl methyl sites for hydroxylation is 1. The third kappa shape index (κ3) is 3.60. The van der Waals surface area contributed by atoms with Crippen LogP contribution in [0.3, 0.4) is 0 Å². The van der Waals surface area contributed by atoms with Gasteiger partial charge in [-0.05, 0) is 31.0 Å². The number of rotatable bonds is 5. The van der Waals surface area contributed by atoms with Crippen molar-refractivity contribution in [2.75, 3.05) is 25.2 Å². The second kappa shape index (κ2) is 5.94. The molecule has 2 nitrogen and oxygen atoms in total. The zero-order chi connectivity index (χ0) is 10.4. The van der Waals surface area contributed by atoms with Crippen LogP contribution in [0, 0.1) is 6.92 Å². The summed E-state index contributed by atoms with van der Waals surface area (Å²) in [6.45, 7) is 2.87. The minimum atomic E-state index is 0.818. The van der Waals surface area contributed by atoms with Crippen LogP contribution in [0.5, 0.6) is 0 Å². The Morgan fingerprint density at radius 2 is 2.21 bits per heavy atom. The number of methoxy groups -OCH3 is 1. The quantitative estimate of drug-likeness (QED) is 0.462. The van der Waals surface area contributed by atoms with Crippen molar-refractivity contribution >= 4 is 17.4 Å². The molecule has 0 amide bonds. The van der Waals surface area contributed by atoms with E-state index in [2.05, 4.69) is 19.1 Å². The van der Waals surface area contributed by atoms with Gasteiger partial charge in [-0.2, -0.15) is 0 Å². The lowest BCUT2D eigenvalue weighted by atomic mass is 10.2. The van der Waals surface area contributed by atoms with Gasteiger partial charge in [0.2, 0.25) is 0 Å². The molecule has 0 radical (unpaired) electrons. The third-order valence-corrected chi connectivity index (χ3v) is 3.09. The lowest BCUT2D eigenvalue weighted by Crippen LogP contribution is -1.93. The Labute approximate surface area is 89.8 Å². The number of nitrogen functional groups attached to an aromatic ring is 1. The van der Waals surface area contributed by atoms with Crippen molar-refractivity contribution in [2.45, 2.75) is 18.2 Å². The third-order valence-electron chi connectivity index (χ3n) is 1.92. The lowest BCUT2D eigenvalue weighted by Gasteiger charge is -2.05. The standard InChI is InChI=1S/C11H17NOS/c1-9-4-5-11(10(12)8-9)14-7-3-6-13-2/h4-5,8H,3,6-7,12H2,1-2H3. The normalized spacial score (nSPS) is 10.4. The highest BCUT2D eigenvalue weighted by Crippen LogP contribution is 2.26. The molecule has 0 bridgehead atoms. The van der Waals surface area contributed by atoms with Gasteiger partial charge in [0.25, 0.3) is 0 Å². The fraction of sp³-hybridized carbons (Fsp3) is 0.455. The topological polar surface area (TPSA) is 35.2 Å². The van der Waals surface area contributed by atoms with Gasteiger partial charge in [0.15, 0.2) is 0 Å². The molecular weight excluding hydrogens is 194 g/mol. The highest BCUT2D eigenvalue weighted by Gasteiger charge is 1.99. The summed E-state index contributed by atoms with van der Waals surface area (Å²) in [4.78, 5) is 1.17. The Morgan fingerprint density at radius 3 is 2.86 bits per heavy atom.